The van der Waals surface area contributed by atoms with E-state index in [1.807, 2.05) is 55.7 Å². The minimum Gasteiger partial charge on any atom is -0.196 e. The molecular weight excluding hydrogens is 234 g/mol. The minimum absolute atomic E-state index is 0.905. The molecule has 80 valence electrons. The van der Waals surface area contributed by atoms with Gasteiger partial charge in [0.15, 0.2) is 6.20 Å². The van der Waals surface area contributed by atoms with Crippen molar-refractivity contribution in [2.75, 3.05) is 0 Å². The van der Waals surface area contributed by atoms with Gasteiger partial charge in [0.2, 0.25) is 5.03 Å². The van der Waals surface area contributed by atoms with Crippen LogP contribution in [0.2, 0.25) is 0 Å². The molecule has 0 aliphatic rings. The fourth-order valence-corrected chi connectivity index (χ4v) is 2.53. The van der Waals surface area contributed by atoms with E-state index in [9.17, 15) is 0 Å². The molecule has 0 saturated heterocycles. The quantitative estimate of drug-likeness (QED) is 0.455. The van der Waals surface area contributed by atoms with Crippen LogP contribution in [-0.2, 0) is 7.05 Å². The smallest absolute Gasteiger partial charge is 0.196 e. The number of hydrogen-bond donors (Lipinski definition) is 0. The highest BCUT2D eigenvalue weighted by Gasteiger charge is 2.10. The average Bonchev–Trinajstić information content (AvgIpc) is 2.33. The lowest BCUT2D eigenvalue weighted by molar-refractivity contribution is -0.708. The van der Waals surface area contributed by atoms with Gasteiger partial charge < -0.3 is 0 Å². The Hall–Kier alpha value is -1.19. The third kappa shape index (κ3) is 2.68. The van der Waals surface area contributed by atoms with E-state index in [2.05, 4.69) is 10.6 Å². The molecule has 0 saturated carbocycles. The largest absolute Gasteiger partial charge is 0.245 e. The summed E-state index contributed by atoms with van der Waals surface area (Å²) in [5, 5.41) is 1.15. The Bertz CT molecular complexity index is 494. The van der Waals surface area contributed by atoms with Gasteiger partial charge in [0, 0.05) is 12.1 Å². The number of hydrogen-bond acceptors (Lipinski definition) is 2. The SMILES string of the molecule is C[n+]1ccccc1SC(=S)c1ccccc1. The van der Waals surface area contributed by atoms with Crippen LogP contribution in [0.15, 0.2) is 59.8 Å². The Morgan fingerprint density at radius 3 is 2.44 bits per heavy atom. The highest BCUT2D eigenvalue weighted by molar-refractivity contribution is 8.23. The van der Waals surface area contributed by atoms with Crippen molar-refractivity contribution in [3.05, 3.63) is 60.3 Å². The number of nitrogens with zero attached hydrogens (tertiary/aromatic N) is 1. The van der Waals surface area contributed by atoms with Crippen LogP contribution in [0.4, 0.5) is 0 Å². The number of rotatable bonds is 2. The van der Waals surface area contributed by atoms with E-state index >= 15 is 0 Å². The standard InChI is InChI=1S/C13H12NS2/c1-14-10-6-5-9-12(14)16-13(15)11-7-3-2-4-8-11/h2-10H,1H3/q+1. The number of pyridine rings is 1. The zero-order valence-electron chi connectivity index (χ0n) is 8.96. The Balaban J connectivity index is 2.18. The van der Waals surface area contributed by atoms with Crippen molar-refractivity contribution >= 4 is 28.2 Å². The summed E-state index contributed by atoms with van der Waals surface area (Å²) >= 11 is 7.03. The van der Waals surface area contributed by atoms with Gasteiger partial charge in [0.1, 0.15) is 7.05 Å². The van der Waals surface area contributed by atoms with Gasteiger partial charge in [-0.1, -0.05) is 42.5 Å². The zero-order chi connectivity index (χ0) is 11.4. The normalized spacial score (nSPS) is 10.1. The van der Waals surface area contributed by atoms with E-state index in [-0.39, 0.29) is 0 Å². The van der Waals surface area contributed by atoms with E-state index in [4.69, 9.17) is 12.2 Å². The molecule has 3 heteroatoms. The molecule has 2 aromatic rings. The molecule has 0 amide bonds. The lowest BCUT2D eigenvalue weighted by Gasteiger charge is -2.01. The van der Waals surface area contributed by atoms with Crippen molar-refractivity contribution in [2.45, 2.75) is 5.03 Å². The van der Waals surface area contributed by atoms with Gasteiger partial charge in [-0.2, -0.15) is 4.57 Å². The van der Waals surface area contributed by atoms with Crippen molar-refractivity contribution in [1.29, 1.82) is 0 Å². The molecule has 0 N–H and O–H groups in total. The second-order valence-corrected chi connectivity index (χ2v) is 5.10. The maximum Gasteiger partial charge on any atom is 0.245 e. The first-order valence-electron chi connectivity index (χ1n) is 4.99. The summed E-state index contributed by atoms with van der Waals surface area (Å²) in [4.78, 5) is 0. The Morgan fingerprint density at radius 1 is 1.06 bits per heavy atom. The first-order valence-corrected chi connectivity index (χ1v) is 6.22. The molecule has 0 atom stereocenters. The Kier molecular flexibility index (Phi) is 3.70. The molecule has 1 nitrogen and oxygen atoms in total. The van der Waals surface area contributed by atoms with E-state index in [0.29, 0.717) is 0 Å². The van der Waals surface area contributed by atoms with Gasteiger partial charge in [-0.05, 0) is 23.4 Å². The van der Waals surface area contributed by atoms with Gasteiger partial charge in [0.05, 0.1) is 4.20 Å². The van der Waals surface area contributed by atoms with E-state index in [0.717, 1.165) is 14.8 Å². The molecule has 16 heavy (non-hydrogen) atoms. The minimum atomic E-state index is 0.905. The lowest BCUT2D eigenvalue weighted by atomic mass is 10.2. The predicted molar refractivity (Wildman–Crippen MR) is 71.6 cm³/mol. The van der Waals surface area contributed by atoms with Crippen molar-refractivity contribution in [1.82, 2.24) is 0 Å². The number of thioether (sulfide) groups is 1. The Labute approximate surface area is 105 Å². The Morgan fingerprint density at radius 2 is 1.75 bits per heavy atom. The topological polar surface area (TPSA) is 3.88 Å². The highest BCUT2D eigenvalue weighted by atomic mass is 32.2. The molecule has 1 aromatic heterocycles. The summed E-state index contributed by atoms with van der Waals surface area (Å²) in [6.07, 6.45) is 2.02. The molecule has 0 spiro atoms. The average molecular weight is 246 g/mol. The number of aryl methyl sites for hydroxylation is 1. The van der Waals surface area contributed by atoms with Crippen LogP contribution in [0.5, 0.6) is 0 Å². The summed E-state index contributed by atoms with van der Waals surface area (Å²) in [7, 11) is 2.02. The first kappa shape index (κ1) is 11.3. The van der Waals surface area contributed by atoms with Crippen LogP contribution >= 0.6 is 24.0 Å². The van der Waals surface area contributed by atoms with Gasteiger partial charge in [-0.25, -0.2) is 0 Å². The van der Waals surface area contributed by atoms with Gasteiger partial charge in [0.25, 0.3) is 0 Å². The van der Waals surface area contributed by atoms with Crippen LogP contribution < -0.4 is 4.57 Å². The molecular formula is C13H12NS2+. The van der Waals surface area contributed by atoms with E-state index < -0.39 is 0 Å². The van der Waals surface area contributed by atoms with E-state index in [1.165, 1.54) is 0 Å². The molecule has 0 radical (unpaired) electrons. The van der Waals surface area contributed by atoms with Gasteiger partial charge in [-0.15, -0.1) is 0 Å². The first-order chi connectivity index (χ1) is 7.77. The number of benzene rings is 1. The fourth-order valence-electron chi connectivity index (χ4n) is 1.34. The summed E-state index contributed by atoms with van der Waals surface area (Å²) in [5.41, 5.74) is 1.10. The van der Waals surface area contributed by atoms with Crippen LogP contribution in [0.3, 0.4) is 0 Å². The van der Waals surface area contributed by atoms with Crippen molar-refractivity contribution in [3.63, 3.8) is 0 Å². The summed E-state index contributed by atoms with van der Waals surface area (Å²) < 4.78 is 2.97. The lowest BCUT2D eigenvalue weighted by Crippen LogP contribution is -2.30. The predicted octanol–water partition coefficient (Wildman–Crippen LogP) is 2.98. The molecule has 1 aromatic carbocycles. The van der Waals surface area contributed by atoms with Gasteiger partial charge >= 0.3 is 0 Å². The second kappa shape index (κ2) is 5.23. The number of aromatic nitrogens is 1. The van der Waals surface area contributed by atoms with Crippen molar-refractivity contribution in [3.8, 4) is 0 Å². The van der Waals surface area contributed by atoms with Crippen molar-refractivity contribution < 1.29 is 4.57 Å². The number of thiocarbonyl (C=S) groups is 1. The molecule has 0 aliphatic heterocycles. The van der Waals surface area contributed by atoms with Crippen molar-refractivity contribution in [2.24, 2.45) is 7.05 Å². The molecule has 0 bridgehead atoms. The molecule has 0 aliphatic carbocycles. The van der Waals surface area contributed by atoms with Crippen LogP contribution in [-0.4, -0.2) is 4.20 Å². The maximum absolute atomic E-state index is 5.41. The molecule has 2 rings (SSSR count). The van der Waals surface area contributed by atoms with Crippen LogP contribution in [0.25, 0.3) is 0 Å². The van der Waals surface area contributed by atoms with Crippen LogP contribution in [0.1, 0.15) is 5.56 Å². The summed E-state index contributed by atoms with van der Waals surface area (Å²) in [6, 6.07) is 16.2. The van der Waals surface area contributed by atoms with E-state index in [1.54, 1.807) is 11.8 Å². The fraction of sp³-hybridized carbons (Fsp3) is 0.0769. The maximum atomic E-state index is 5.41. The summed E-state index contributed by atoms with van der Waals surface area (Å²) in [5.74, 6) is 0. The second-order valence-electron chi connectivity index (χ2n) is 3.41. The van der Waals surface area contributed by atoms with Gasteiger partial charge in [-0.3, -0.25) is 0 Å². The third-order valence-corrected chi connectivity index (χ3v) is 3.75. The zero-order valence-corrected chi connectivity index (χ0v) is 10.6. The van der Waals surface area contributed by atoms with Crippen LogP contribution in [0, 0.1) is 0 Å². The molecule has 0 unspecified atom stereocenters. The molecule has 1 heterocycles. The molecule has 0 fully saturated rings. The third-order valence-electron chi connectivity index (χ3n) is 2.21. The monoisotopic (exact) mass is 246 g/mol. The summed E-state index contributed by atoms with van der Waals surface area (Å²) in [6.45, 7) is 0. The highest BCUT2D eigenvalue weighted by Crippen LogP contribution is 2.20.